The smallest absolute Gasteiger partial charge is 0.351 e. The molecular weight excluding hydrogens is 259 g/mol. The number of aromatic nitrogens is 1. The van der Waals surface area contributed by atoms with Gasteiger partial charge >= 0.3 is 12.2 Å². The van der Waals surface area contributed by atoms with Gasteiger partial charge in [-0.2, -0.15) is 13.2 Å². The predicted molar refractivity (Wildman–Crippen MR) is 66.0 cm³/mol. The van der Waals surface area contributed by atoms with Crippen molar-refractivity contribution in [2.24, 2.45) is 0 Å². The Hall–Kier alpha value is -2.18. The third-order valence-corrected chi connectivity index (χ3v) is 2.52. The molecule has 19 heavy (non-hydrogen) atoms. The number of urea groups is 1. The highest BCUT2D eigenvalue weighted by Crippen LogP contribution is 2.31. The second-order valence-corrected chi connectivity index (χ2v) is 3.97. The first-order chi connectivity index (χ1) is 8.90. The van der Waals surface area contributed by atoms with Gasteiger partial charge in [0.15, 0.2) is 0 Å². The van der Waals surface area contributed by atoms with Crippen molar-refractivity contribution in [2.75, 3.05) is 11.9 Å². The molecule has 0 spiro atoms. The molecular formula is C12H12F3N3O. The van der Waals surface area contributed by atoms with Crippen LogP contribution < -0.4 is 10.6 Å². The highest BCUT2D eigenvalue weighted by atomic mass is 19.4. The average Bonchev–Trinajstić information content (AvgIpc) is 2.71. The standard InChI is InChI=1S/C12H12F3N3O/c1-2-16-11(19)17-8-3-4-9-7(5-8)6-10(18-9)12(13,14)15/h3-6,18H,2H2,1H3,(H2,16,17,19). The van der Waals surface area contributed by atoms with Crippen LogP contribution in [-0.2, 0) is 6.18 Å². The van der Waals surface area contributed by atoms with E-state index < -0.39 is 17.9 Å². The zero-order valence-corrected chi connectivity index (χ0v) is 10.1. The number of hydrogen-bond acceptors (Lipinski definition) is 1. The third kappa shape index (κ3) is 2.98. The zero-order chi connectivity index (χ0) is 14.0. The van der Waals surface area contributed by atoms with Gasteiger partial charge in [-0.25, -0.2) is 4.79 Å². The van der Waals surface area contributed by atoms with E-state index in [0.29, 0.717) is 23.1 Å². The summed E-state index contributed by atoms with van der Waals surface area (Å²) in [5.74, 6) is 0. The van der Waals surface area contributed by atoms with Crippen LogP contribution in [0.1, 0.15) is 12.6 Å². The lowest BCUT2D eigenvalue weighted by Crippen LogP contribution is -2.28. The number of nitrogens with one attached hydrogen (secondary N) is 3. The topological polar surface area (TPSA) is 56.9 Å². The predicted octanol–water partition coefficient (Wildman–Crippen LogP) is 3.33. The summed E-state index contributed by atoms with van der Waals surface area (Å²) >= 11 is 0. The van der Waals surface area contributed by atoms with Gasteiger partial charge in [0.25, 0.3) is 0 Å². The number of fused-ring (bicyclic) bond motifs is 1. The van der Waals surface area contributed by atoms with Crippen LogP contribution in [-0.4, -0.2) is 17.6 Å². The van der Waals surface area contributed by atoms with E-state index >= 15 is 0 Å². The lowest BCUT2D eigenvalue weighted by Gasteiger charge is -2.05. The van der Waals surface area contributed by atoms with Crippen molar-refractivity contribution in [3.63, 3.8) is 0 Å². The highest BCUT2D eigenvalue weighted by molar-refractivity contribution is 5.93. The summed E-state index contributed by atoms with van der Waals surface area (Å²) in [7, 11) is 0. The first-order valence-corrected chi connectivity index (χ1v) is 5.65. The minimum absolute atomic E-state index is 0.369. The van der Waals surface area contributed by atoms with Crippen LogP contribution in [0.5, 0.6) is 0 Å². The maximum atomic E-state index is 12.5. The second kappa shape index (κ2) is 4.83. The number of benzene rings is 1. The van der Waals surface area contributed by atoms with Crippen LogP contribution in [0.15, 0.2) is 24.3 Å². The Kier molecular flexibility index (Phi) is 3.37. The fourth-order valence-electron chi connectivity index (χ4n) is 1.70. The number of H-pyrrole nitrogens is 1. The number of carbonyl (C=O) groups is 1. The van der Waals surface area contributed by atoms with Gasteiger partial charge in [0.2, 0.25) is 0 Å². The van der Waals surface area contributed by atoms with Gasteiger partial charge in [-0.3, -0.25) is 0 Å². The molecule has 0 radical (unpaired) electrons. The Bertz CT molecular complexity index is 604. The van der Waals surface area contributed by atoms with Crippen LogP contribution in [0.25, 0.3) is 10.9 Å². The summed E-state index contributed by atoms with van der Waals surface area (Å²) in [6.07, 6.45) is -4.41. The summed E-state index contributed by atoms with van der Waals surface area (Å²) in [6, 6.07) is 5.13. The number of amides is 2. The molecule has 7 heteroatoms. The maximum absolute atomic E-state index is 12.5. The molecule has 102 valence electrons. The molecule has 2 aromatic rings. The molecule has 1 aromatic heterocycles. The van der Waals surface area contributed by atoms with E-state index in [2.05, 4.69) is 15.6 Å². The molecule has 0 fully saturated rings. The van der Waals surface area contributed by atoms with Crippen molar-refractivity contribution in [1.29, 1.82) is 0 Å². The van der Waals surface area contributed by atoms with E-state index in [1.807, 2.05) is 0 Å². The quantitative estimate of drug-likeness (QED) is 0.771. The summed E-state index contributed by atoms with van der Waals surface area (Å²) < 4.78 is 37.6. The number of carbonyl (C=O) groups excluding carboxylic acids is 1. The Morgan fingerprint density at radius 1 is 1.32 bits per heavy atom. The SMILES string of the molecule is CCNC(=O)Nc1ccc2[nH]c(C(F)(F)F)cc2c1. The Balaban J connectivity index is 2.28. The van der Waals surface area contributed by atoms with Gasteiger partial charge in [0.05, 0.1) is 0 Å². The molecule has 4 nitrogen and oxygen atoms in total. The first kappa shape index (κ1) is 13.3. The Morgan fingerprint density at radius 3 is 2.68 bits per heavy atom. The number of rotatable bonds is 2. The minimum atomic E-state index is -4.41. The van der Waals surface area contributed by atoms with Gasteiger partial charge in [0.1, 0.15) is 5.69 Å². The minimum Gasteiger partial charge on any atom is -0.351 e. The molecule has 0 aliphatic heterocycles. The molecule has 0 aliphatic carbocycles. The fraction of sp³-hybridized carbons (Fsp3) is 0.250. The largest absolute Gasteiger partial charge is 0.431 e. The number of aromatic amines is 1. The fourth-order valence-corrected chi connectivity index (χ4v) is 1.70. The molecule has 0 bridgehead atoms. The van der Waals surface area contributed by atoms with Gasteiger partial charge in [-0.1, -0.05) is 0 Å². The van der Waals surface area contributed by atoms with Crippen molar-refractivity contribution < 1.29 is 18.0 Å². The first-order valence-electron chi connectivity index (χ1n) is 5.65. The lowest BCUT2D eigenvalue weighted by atomic mass is 10.2. The summed E-state index contributed by atoms with van der Waals surface area (Å²) in [4.78, 5) is 13.6. The lowest BCUT2D eigenvalue weighted by molar-refractivity contribution is -0.140. The number of alkyl halides is 3. The van der Waals surface area contributed by atoms with Crippen LogP contribution in [0.3, 0.4) is 0 Å². The van der Waals surface area contributed by atoms with E-state index in [0.717, 1.165) is 6.07 Å². The Labute approximate surface area is 107 Å². The van der Waals surface area contributed by atoms with E-state index in [1.165, 1.54) is 18.2 Å². The van der Waals surface area contributed by atoms with Crippen molar-refractivity contribution in [3.8, 4) is 0 Å². The van der Waals surface area contributed by atoms with Crippen molar-refractivity contribution in [1.82, 2.24) is 10.3 Å². The van der Waals surface area contributed by atoms with Crippen LogP contribution >= 0.6 is 0 Å². The summed E-state index contributed by atoms with van der Waals surface area (Å²) in [5, 5.41) is 5.46. The van der Waals surface area contributed by atoms with Crippen molar-refractivity contribution in [3.05, 3.63) is 30.0 Å². The number of anilines is 1. The van der Waals surface area contributed by atoms with Gasteiger partial charge in [-0.05, 0) is 31.2 Å². The maximum Gasteiger partial charge on any atom is 0.431 e. The molecule has 0 aliphatic rings. The molecule has 0 saturated heterocycles. The van der Waals surface area contributed by atoms with Crippen LogP contribution in [0, 0.1) is 0 Å². The molecule has 1 aromatic carbocycles. The molecule has 3 N–H and O–H groups in total. The third-order valence-electron chi connectivity index (χ3n) is 2.52. The normalized spacial score (nSPS) is 11.6. The van der Waals surface area contributed by atoms with Crippen molar-refractivity contribution >= 4 is 22.6 Å². The Morgan fingerprint density at radius 2 is 2.05 bits per heavy atom. The van der Waals surface area contributed by atoms with Crippen molar-refractivity contribution in [2.45, 2.75) is 13.1 Å². The molecule has 2 rings (SSSR count). The number of halogens is 3. The zero-order valence-electron chi connectivity index (χ0n) is 10.1. The van der Waals surface area contributed by atoms with Gasteiger partial charge in [0, 0.05) is 23.1 Å². The van der Waals surface area contributed by atoms with Gasteiger partial charge < -0.3 is 15.6 Å². The molecule has 1 heterocycles. The molecule has 0 unspecified atom stereocenters. The average molecular weight is 271 g/mol. The van der Waals surface area contributed by atoms with E-state index in [-0.39, 0.29) is 0 Å². The summed E-state index contributed by atoms with van der Waals surface area (Å²) in [5.41, 5.74) is -0.00221. The van der Waals surface area contributed by atoms with E-state index in [4.69, 9.17) is 0 Å². The van der Waals surface area contributed by atoms with E-state index in [1.54, 1.807) is 6.92 Å². The van der Waals surface area contributed by atoms with Crippen LogP contribution in [0.4, 0.5) is 23.7 Å². The van der Waals surface area contributed by atoms with Crippen LogP contribution in [0.2, 0.25) is 0 Å². The summed E-state index contributed by atoms with van der Waals surface area (Å²) in [6.45, 7) is 2.24. The van der Waals surface area contributed by atoms with Gasteiger partial charge in [-0.15, -0.1) is 0 Å². The monoisotopic (exact) mass is 271 g/mol. The van der Waals surface area contributed by atoms with E-state index in [9.17, 15) is 18.0 Å². The molecule has 0 atom stereocenters. The number of hydrogen-bond donors (Lipinski definition) is 3. The second-order valence-electron chi connectivity index (χ2n) is 3.97. The highest BCUT2D eigenvalue weighted by Gasteiger charge is 2.32. The molecule has 0 saturated carbocycles. The molecule has 2 amide bonds.